The Hall–Kier alpha value is -2.34. The number of ketones is 1. The van der Waals surface area contributed by atoms with Gasteiger partial charge in [0.05, 0.1) is 0 Å². The van der Waals surface area contributed by atoms with Gasteiger partial charge in [-0.25, -0.2) is 9.37 Å². The molecule has 2 heterocycles. The molecular formula is C22H28FN3O2. The van der Waals surface area contributed by atoms with Crippen LogP contribution in [-0.4, -0.2) is 39.3 Å². The van der Waals surface area contributed by atoms with Crippen LogP contribution in [0.4, 0.5) is 4.39 Å². The predicted molar refractivity (Wildman–Crippen MR) is 106 cm³/mol. The molecule has 0 atom stereocenters. The van der Waals surface area contributed by atoms with Crippen LogP contribution in [0.2, 0.25) is 0 Å². The average Bonchev–Trinajstić information content (AvgIpc) is 2.65. The van der Waals surface area contributed by atoms with Crippen molar-refractivity contribution in [1.29, 1.82) is 0 Å². The number of aromatic nitrogens is 2. The minimum atomic E-state index is -0.329. The van der Waals surface area contributed by atoms with Gasteiger partial charge in [-0.15, -0.1) is 0 Å². The maximum atomic E-state index is 13.0. The van der Waals surface area contributed by atoms with Crippen LogP contribution in [0.25, 0.3) is 0 Å². The fourth-order valence-electron chi connectivity index (χ4n) is 3.41. The van der Waals surface area contributed by atoms with E-state index in [2.05, 4.69) is 14.9 Å². The first kappa shape index (κ1) is 20.4. The highest BCUT2D eigenvalue weighted by molar-refractivity contribution is 5.83. The summed E-state index contributed by atoms with van der Waals surface area (Å²) in [6.07, 6.45) is 5.36. The molecule has 0 spiro atoms. The Labute approximate surface area is 166 Å². The van der Waals surface area contributed by atoms with Gasteiger partial charge < -0.3 is 4.74 Å². The summed E-state index contributed by atoms with van der Waals surface area (Å²) in [4.78, 5) is 23.6. The van der Waals surface area contributed by atoms with E-state index in [1.54, 1.807) is 24.5 Å². The first-order chi connectivity index (χ1) is 13.3. The number of Topliss-reactive ketones (excluding diaryl/α,β-unsaturated/α-hetero) is 1. The summed E-state index contributed by atoms with van der Waals surface area (Å²) in [5, 5.41) is 0. The Balaban J connectivity index is 1.53. The van der Waals surface area contributed by atoms with Crippen molar-refractivity contribution in [3.05, 3.63) is 53.7 Å². The van der Waals surface area contributed by atoms with Crippen LogP contribution in [0.5, 0.6) is 5.88 Å². The number of ether oxygens (including phenoxy) is 1. The highest BCUT2D eigenvalue weighted by atomic mass is 19.1. The molecule has 1 aliphatic heterocycles. The molecule has 6 heteroatoms. The third kappa shape index (κ3) is 5.83. The van der Waals surface area contributed by atoms with E-state index in [0.29, 0.717) is 18.8 Å². The van der Waals surface area contributed by atoms with E-state index in [-0.39, 0.29) is 23.1 Å². The minimum Gasteiger partial charge on any atom is -0.471 e. The number of hydrogen-bond acceptors (Lipinski definition) is 5. The van der Waals surface area contributed by atoms with Gasteiger partial charge in [0.25, 0.3) is 0 Å². The number of piperidine rings is 1. The van der Waals surface area contributed by atoms with Crippen molar-refractivity contribution in [1.82, 2.24) is 14.9 Å². The molecule has 0 radical (unpaired) electrons. The number of hydrogen-bond donors (Lipinski definition) is 0. The fraction of sp³-hybridized carbons (Fsp3) is 0.500. The van der Waals surface area contributed by atoms with Crippen molar-refractivity contribution in [2.75, 3.05) is 13.1 Å². The molecule has 3 rings (SSSR count). The largest absolute Gasteiger partial charge is 0.471 e. The summed E-state index contributed by atoms with van der Waals surface area (Å²) in [5.41, 5.74) is 1.37. The number of carbonyl (C=O) groups is 1. The molecule has 1 saturated heterocycles. The number of halogens is 1. The minimum absolute atomic E-state index is 0.0634. The molecule has 1 aromatic carbocycles. The second-order valence-electron chi connectivity index (χ2n) is 8.34. The second-order valence-corrected chi connectivity index (χ2v) is 8.34. The van der Waals surface area contributed by atoms with Gasteiger partial charge in [0.2, 0.25) is 5.88 Å². The van der Waals surface area contributed by atoms with Crippen molar-refractivity contribution in [2.24, 2.45) is 5.92 Å². The molecule has 0 unspecified atom stereocenters. The Morgan fingerprint density at radius 2 is 1.79 bits per heavy atom. The molecule has 0 saturated carbocycles. The van der Waals surface area contributed by atoms with Crippen LogP contribution in [-0.2, 0) is 17.8 Å². The zero-order valence-electron chi connectivity index (χ0n) is 16.8. The lowest BCUT2D eigenvalue weighted by atomic mass is 9.89. The highest BCUT2D eigenvalue weighted by Gasteiger charge is 2.26. The van der Waals surface area contributed by atoms with Crippen molar-refractivity contribution >= 4 is 5.78 Å². The number of benzene rings is 1. The van der Waals surface area contributed by atoms with Gasteiger partial charge in [-0.2, -0.15) is 0 Å². The molecule has 28 heavy (non-hydrogen) atoms. The summed E-state index contributed by atoms with van der Waals surface area (Å²) in [5.74, 6) is 0.601. The average molecular weight is 385 g/mol. The van der Waals surface area contributed by atoms with Gasteiger partial charge in [0.15, 0.2) is 0 Å². The summed E-state index contributed by atoms with van der Waals surface area (Å²) < 4.78 is 18.9. The zero-order valence-corrected chi connectivity index (χ0v) is 16.8. The molecular weight excluding hydrogens is 357 g/mol. The Morgan fingerprint density at radius 1 is 1.14 bits per heavy atom. The molecule has 0 N–H and O–H groups in total. The SMILES string of the molecule is CC(C)(C)Oc1nccnc1CN1CCC(C(=O)Cc2ccc(F)cc2)CC1. The Kier molecular flexibility index (Phi) is 6.39. The summed E-state index contributed by atoms with van der Waals surface area (Å²) >= 11 is 0. The molecule has 1 aliphatic rings. The van der Waals surface area contributed by atoms with Crippen LogP contribution in [0, 0.1) is 11.7 Å². The van der Waals surface area contributed by atoms with Gasteiger partial charge in [0, 0.05) is 31.3 Å². The van der Waals surface area contributed by atoms with E-state index in [1.165, 1.54) is 12.1 Å². The van der Waals surface area contributed by atoms with E-state index in [9.17, 15) is 9.18 Å². The predicted octanol–water partition coefficient (Wildman–Crippen LogP) is 3.82. The van der Waals surface area contributed by atoms with Crippen LogP contribution < -0.4 is 4.74 Å². The number of nitrogens with zero attached hydrogens (tertiary/aromatic N) is 3. The third-order valence-electron chi connectivity index (χ3n) is 4.85. The fourth-order valence-corrected chi connectivity index (χ4v) is 3.41. The Morgan fingerprint density at radius 3 is 2.43 bits per heavy atom. The zero-order chi connectivity index (χ0) is 20.1. The van der Waals surface area contributed by atoms with E-state index < -0.39 is 0 Å². The van der Waals surface area contributed by atoms with E-state index in [4.69, 9.17) is 4.74 Å². The van der Waals surface area contributed by atoms with Gasteiger partial charge in [-0.3, -0.25) is 14.7 Å². The molecule has 2 aromatic rings. The number of rotatable bonds is 6. The summed E-state index contributed by atoms with van der Waals surface area (Å²) in [6.45, 7) is 8.31. The monoisotopic (exact) mass is 385 g/mol. The first-order valence-corrected chi connectivity index (χ1v) is 9.78. The third-order valence-corrected chi connectivity index (χ3v) is 4.85. The molecule has 150 valence electrons. The van der Waals surface area contributed by atoms with Crippen molar-refractivity contribution in [3.8, 4) is 5.88 Å². The summed E-state index contributed by atoms with van der Waals surface area (Å²) in [7, 11) is 0. The van der Waals surface area contributed by atoms with Crippen molar-refractivity contribution in [2.45, 2.75) is 52.2 Å². The number of carbonyl (C=O) groups excluding carboxylic acids is 1. The van der Waals surface area contributed by atoms with E-state index in [0.717, 1.165) is 37.2 Å². The molecule has 5 nitrogen and oxygen atoms in total. The lowest BCUT2D eigenvalue weighted by molar-refractivity contribution is -0.123. The topological polar surface area (TPSA) is 55.3 Å². The number of likely N-dealkylation sites (tertiary alicyclic amines) is 1. The van der Waals surface area contributed by atoms with Gasteiger partial charge in [-0.05, 0) is 64.4 Å². The van der Waals surface area contributed by atoms with E-state index >= 15 is 0 Å². The normalized spacial score (nSPS) is 16.1. The molecule has 1 aromatic heterocycles. The second kappa shape index (κ2) is 8.78. The molecule has 0 amide bonds. The highest BCUT2D eigenvalue weighted by Crippen LogP contribution is 2.24. The van der Waals surface area contributed by atoms with Crippen LogP contribution in [0.15, 0.2) is 36.7 Å². The van der Waals surface area contributed by atoms with Crippen molar-refractivity contribution in [3.63, 3.8) is 0 Å². The first-order valence-electron chi connectivity index (χ1n) is 9.78. The lowest BCUT2D eigenvalue weighted by Gasteiger charge is -2.31. The van der Waals surface area contributed by atoms with Crippen LogP contribution >= 0.6 is 0 Å². The quantitative estimate of drug-likeness (QED) is 0.757. The van der Waals surface area contributed by atoms with Crippen LogP contribution in [0.3, 0.4) is 0 Å². The smallest absolute Gasteiger partial charge is 0.237 e. The maximum Gasteiger partial charge on any atom is 0.237 e. The van der Waals surface area contributed by atoms with Gasteiger partial charge >= 0.3 is 0 Å². The molecule has 0 aliphatic carbocycles. The molecule has 1 fully saturated rings. The summed E-state index contributed by atoms with van der Waals surface area (Å²) in [6, 6.07) is 6.19. The lowest BCUT2D eigenvalue weighted by Crippen LogP contribution is -2.37. The van der Waals surface area contributed by atoms with Gasteiger partial charge in [-0.1, -0.05) is 12.1 Å². The standard InChI is InChI=1S/C22H28FN3O2/c1-22(2,3)28-21-19(24-10-11-25-21)15-26-12-8-17(9-13-26)20(27)14-16-4-6-18(23)7-5-16/h4-7,10-11,17H,8-9,12-15H2,1-3H3. The maximum absolute atomic E-state index is 13.0. The van der Waals surface area contributed by atoms with Crippen LogP contribution in [0.1, 0.15) is 44.9 Å². The van der Waals surface area contributed by atoms with E-state index in [1.807, 2.05) is 20.8 Å². The Bertz CT molecular complexity index is 794. The van der Waals surface area contributed by atoms with Gasteiger partial charge in [0.1, 0.15) is 22.9 Å². The molecule has 0 bridgehead atoms. The van der Waals surface area contributed by atoms with Crippen molar-refractivity contribution < 1.29 is 13.9 Å².